The third-order valence-electron chi connectivity index (χ3n) is 2.33. The van der Waals surface area contributed by atoms with E-state index in [1.165, 1.54) is 15.3 Å². The quantitative estimate of drug-likeness (QED) is 0.820. The van der Waals surface area contributed by atoms with E-state index in [1.807, 2.05) is 23.1 Å². The van der Waals surface area contributed by atoms with Gasteiger partial charge in [0.15, 0.2) is 0 Å². The van der Waals surface area contributed by atoms with E-state index in [1.54, 1.807) is 0 Å². The van der Waals surface area contributed by atoms with Crippen molar-refractivity contribution in [2.45, 2.75) is 17.9 Å². The zero-order valence-electron chi connectivity index (χ0n) is 9.06. The highest BCUT2D eigenvalue weighted by Crippen LogP contribution is 2.21. The molecule has 0 spiro atoms. The van der Waals surface area contributed by atoms with Gasteiger partial charge in [-0.25, -0.2) is 0 Å². The molecule has 1 nitrogen and oxygen atoms in total. The fourth-order valence-corrected chi connectivity index (χ4v) is 3.29. The minimum absolute atomic E-state index is 0.624. The van der Waals surface area contributed by atoms with Crippen LogP contribution in [-0.2, 0) is 13.0 Å². The predicted molar refractivity (Wildman–Crippen MR) is 73.1 cm³/mol. The number of aryl methyl sites for hydroxylation is 1. The van der Waals surface area contributed by atoms with Gasteiger partial charge in [0.2, 0.25) is 0 Å². The molecule has 0 atom stereocenters. The average Bonchev–Trinajstić information content (AvgIpc) is 2.82. The Morgan fingerprint density at radius 2 is 2.12 bits per heavy atom. The Hall–Kier alpha value is -0.770. The van der Waals surface area contributed by atoms with E-state index < -0.39 is 0 Å². The molecule has 0 fully saturated rings. The first-order valence-electron chi connectivity index (χ1n) is 5.32. The van der Waals surface area contributed by atoms with Crippen molar-refractivity contribution >= 4 is 23.1 Å². The summed E-state index contributed by atoms with van der Waals surface area (Å²) >= 11 is 3.73. The molecular weight excluding hydrogens is 234 g/mol. The Bertz CT molecular complexity index is 423. The van der Waals surface area contributed by atoms with Crippen LogP contribution in [0.1, 0.15) is 10.4 Å². The maximum absolute atomic E-state index is 5.62. The highest BCUT2D eigenvalue weighted by Gasteiger charge is 1.97. The molecule has 0 aliphatic heterocycles. The molecular formula is C13H15NS2. The van der Waals surface area contributed by atoms with Crippen molar-refractivity contribution in [1.29, 1.82) is 0 Å². The molecule has 16 heavy (non-hydrogen) atoms. The Labute approximate surface area is 105 Å². The number of rotatable bonds is 5. The maximum Gasteiger partial charge on any atom is 0.0178 e. The van der Waals surface area contributed by atoms with Crippen LogP contribution in [0.25, 0.3) is 0 Å². The monoisotopic (exact) mass is 249 g/mol. The van der Waals surface area contributed by atoms with Crippen molar-refractivity contribution in [3.05, 3.63) is 52.2 Å². The first kappa shape index (κ1) is 11.7. The van der Waals surface area contributed by atoms with Gasteiger partial charge in [0.05, 0.1) is 0 Å². The molecule has 0 bridgehead atoms. The average molecular weight is 249 g/mol. The molecule has 84 valence electrons. The number of hydrogen-bond acceptors (Lipinski definition) is 3. The summed E-state index contributed by atoms with van der Waals surface area (Å²) in [5, 5.41) is 2.13. The van der Waals surface area contributed by atoms with Crippen LogP contribution in [0, 0.1) is 0 Å². The molecule has 0 saturated carbocycles. The molecule has 0 saturated heterocycles. The standard InChI is InChI=1S/C13H15NS2/c14-10-11-3-1-4-13(9-11)16-8-6-12-5-2-7-15-12/h1-5,7,9H,6,8,10,14H2. The van der Waals surface area contributed by atoms with E-state index in [9.17, 15) is 0 Å². The van der Waals surface area contributed by atoms with Crippen molar-refractivity contribution in [1.82, 2.24) is 0 Å². The van der Waals surface area contributed by atoms with Crippen LogP contribution in [0.3, 0.4) is 0 Å². The number of nitrogens with two attached hydrogens (primary N) is 1. The molecule has 3 heteroatoms. The zero-order valence-corrected chi connectivity index (χ0v) is 10.7. The summed E-state index contributed by atoms with van der Waals surface area (Å²) in [5.74, 6) is 1.13. The Kier molecular flexibility index (Phi) is 4.45. The van der Waals surface area contributed by atoms with Crippen molar-refractivity contribution in [2.75, 3.05) is 5.75 Å². The summed E-state index contributed by atoms with van der Waals surface area (Å²) in [6.45, 7) is 0.624. The fourth-order valence-electron chi connectivity index (χ4n) is 1.49. The highest BCUT2D eigenvalue weighted by atomic mass is 32.2. The third kappa shape index (κ3) is 3.37. The molecule has 2 aromatic rings. The normalized spacial score (nSPS) is 10.6. The lowest BCUT2D eigenvalue weighted by molar-refractivity contribution is 1.06. The van der Waals surface area contributed by atoms with Crippen LogP contribution in [0.15, 0.2) is 46.7 Å². The van der Waals surface area contributed by atoms with Crippen LogP contribution in [0.2, 0.25) is 0 Å². The van der Waals surface area contributed by atoms with Gasteiger partial charge in [-0.3, -0.25) is 0 Å². The first-order valence-corrected chi connectivity index (χ1v) is 7.19. The molecule has 2 rings (SSSR count). The zero-order chi connectivity index (χ0) is 11.2. The van der Waals surface area contributed by atoms with E-state index in [0.29, 0.717) is 6.54 Å². The molecule has 2 N–H and O–H groups in total. The van der Waals surface area contributed by atoms with Gasteiger partial charge in [0.25, 0.3) is 0 Å². The number of benzene rings is 1. The van der Waals surface area contributed by atoms with E-state index in [2.05, 4.69) is 41.8 Å². The fraction of sp³-hybridized carbons (Fsp3) is 0.231. The van der Waals surface area contributed by atoms with Gasteiger partial charge in [-0.05, 0) is 35.6 Å². The minimum atomic E-state index is 0.624. The van der Waals surface area contributed by atoms with Gasteiger partial charge in [-0.1, -0.05) is 18.2 Å². The molecule has 1 heterocycles. The molecule has 0 aliphatic rings. The summed E-state index contributed by atoms with van der Waals surface area (Å²) in [5.41, 5.74) is 6.83. The predicted octanol–water partition coefficient (Wildman–Crippen LogP) is 3.54. The van der Waals surface area contributed by atoms with Crippen LogP contribution in [0.4, 0.5) is 0 Å². The van der Waals surface area contributed by atoms with Gasteiger partial charge in [-0.15, -0.1) is 23.1 Å². The van der Waals surface area contributed by atoms with Crippen LogP contribution in [-0.4, -0.2) is 5.75 Å². The number of hydrogen-bond donors (Lipinski definition) is 1. The van der Waals surface area contributed by atoms with E-state index >= 15 is 0 Å². The Morgan fingerprint density at radius 3 is 2.88 bits per heavy atom. The van der Waals surface area contributed by atoms with Crippen molar-refractivity contribution < 1.29 is 0 Å². The van der Waals surface area contributed by atoms with Crippen molar-refractivity contribution in [3.8, 4) is 0 Å². The van der Waals surface area contributed by atoms with E-state index in [4.69, 9.17) is 5.73 Å². The second-order valence-electron chi connectivity index (χ2n) is 3.53. The van der Waals surface area contributed by atoms with Gasteiger partial charge < -0.3 is 5.73 Å². The summed E-state index contributed by atoms with van der Waals surface area (Å²) < 4.78 is 0. The highest BCUT2D eigenvalue weighted by molar-refractivity contribution is 7.99. The lowest BCUT2D eigenvalue weighted by Crippen LogP contribution is -1.95. The summed E-state index contributed by atoms with van der Waals surface area (Å²) in [7, 11) is 0. The maximum atomic E-state index is 5.62. The molecule has 0 aliphatic carbocycles. The molecule has 0 radical (unpaired) electrons. The number of thiophene rings is 1. The Morgan fingerprint density at radius 1 is 1.19 bits per heavy atom. The molecule has 1 aromatic carbocycles. The topological polar surface area (TPSA) is 26.0 Å². The summed E-state index contributed by atoms with van der Waals surface area (Å²) in [6, 6.07) is 12.8. The van der Waals surface area contributed by atoms with Gasteiger partial charge in [0, 0.05) is 22.1 Å². The van der Waals surface area contributed by atoms with Crippen molar-refractivity contribution in [3.63, 3.8) is 0 Å². The lowest BCUT2D eigenvalue weighted by atomic mass is 10.2. The van der Waals surface area contributed by atoms with E-state index in [0.717, 1.165) is 12.2 Å². The minimum Gasteiger partial charge on any atom is -0.326 e. The third-order valence-corrected chi connectivity index (χ3v) is 4.26. The molecule has 1 aromatic heterocycles. The van der Waals surface area contributed by atoms with E-state index in [-0.39, 0.29) is 0 Å². The summed E-state index contributed by atoms with van der Waals surface area (Å²) in [6.07, 6.45) is 1.15. The summed E-state index contributed by atoms with van der Waals surface area (Å²) in [4.78, 5) is 2.78. The molecule has 0 amide bonds. The van der Waals surface area contributed by atoms with Crippen molar-refractivity contribution in [2.24, 2.45) is 5.73 Å². The molecule has 0 unspecified atom stereocenters. The largest absolute Gasteiger partial charge is 0.326 e. The van der Waals surface area contributed by atoms with Crippen LogP contribution in [0.5, 0.6) is 0 Å². The smallest absolute Gasteiger partial charge is 0.0178 e. The Balaban J connectivity index is 1.85. The first-order chi connectivity index (χ1) is 7.88. The lowest BCUT2D eigenvalue weighted by Gasteiger charge is -2.02. The van der Waals surface area contributed by atoms with Gasteiger partial charge in [0.1, 0.15) is 0 Å². The second kappa shape index (κ2) is 6.09. The number of thioether (sulfide) groups is 1. The van der Waals surface area contributed by atoms with Crippen LogP contribution >= 0.6 is 23.1 Å². The van der Waals surface area contributed by atoms with Gasteiger partial charge in [-0.2, -0.15) is 0 Å². The van der Waals surface area contributed by atoms with Gasteiger partial charge >= 0.3 is 0 Å². The second-order valence-corrected chi connectivity index (χ2v) is 5.73. The SMILES string of the molecule is NCc1cccc(SCCc2cccs2)c1. The van der Waals surface area contributed by atoms with Crippen LogP contribution < -0.4 is 5.73 Å².